The summed E-state index contributed by atoms with van der Waals surface area (Å²) in [5, 5.41) is 2.87. The molecule has 4 aliphatic rings. The van der Waals surface area contributed by atoms with E-state index < -0.39 is 0 Å². The SMILES string of the molecule is CC1CCc2c(ccc3c4c(ccc23)C=CCC4)C1C1N=CC(OCc2ccccc2)=C2C1=Nc1ccccc12. The zero-order chi connectivity index (χ0) is 26.6. The Kier molecular flexibility index (Phi) is 5.58. The number of allylic oxidation sites excluding steroid dienone is 2. The first-order valence-electron chi connectivity index (χ1n) is 14.6. The van der Waals surface area contributed by atoms with Gasteiger partial charge < -0.3 is 4.74 Å². The van der Waals surface area contributed by atoms with E-state index in [9.17, 15) is 0 Å². The molecule has 0 amide bonds. The molecule has 2 heterocycles. The third kappa shape index (κ3) is 3.71. The molecule has 0 spiro atoms. The van der Waals surface area contributed by atoms with Gasteiger partial charge in [-0.1, -0.05) is 91.9 Å². The van der Waals surface area contributed by atoms with Crippen LogP contribution in [0.4, 0.5) is 5.69 Å². The second-order valence-electron chi connectivity index (χ2n) is 11.6. The van der Waals surface area contributed by atoms with Gasteiger partial charge in [-0.05, 0) is 76.3 Å². The average Bonchev–Trinajstić information content (AvgIpc) is 3.40. The van der Waals surface area contributed by atoms with E-state index in [0.717, 1.165) is 59.5 Å². The number of para-hydroxylation sites is 1. The maximum absolute atomic E-state index is 6.43. The molecular weight excluding hydrogens is 488 g/mol. The standard InChI is InChI=1S/C37H32N2O/c1-23-15-17-29-28-18-16-25-11-5-6-12-26(25)27(28)19-20-30(29)34(23)36-37-35(31-13-7-8-14-32(31)39-37)33(21-38-36)40-22-24-9-3-2-4-10-24/h2-5,7-11,13-14,16,18-21,23,34,36H,6,12,15,17,22H2,1H3. The lowest BCUT2D eigenvalue weighted by Crippen LogP contribution is -2.36. The highest BCUT2D eigenvalue weighted by Crippen LogP contribution is 2.48. The molecule has 2 aliphatic carbocycles. The zero-order valence-corrected chi connectivity index (χ0v) is 22.8. The van der Waals surface area contributed by atoms with Crippen LogP contribution in [-0.4, -0.2) is 18.0 Å². The predicted molar refractivity (Wildman–Crippen MR) is 165 cm³/mol. The van der Waals surface area contributed by atoms with Gasteiger partial charge in [-0.15, -0.1) is 0 Å². The van der Waals surface area contributed by atoms with Crippen molar-refractivity contribution < 1.29 is 4.74 Å². The van der Waals surface area contributed by atoms with E-state index in [4.69, 9.17) is 14.7 Å². The summed E-state index contributed by atoms with van der Waals surface area (Å²) in [4.78, 5) is 10.4. The molecule has 0 radical (unpaired) electrons. The Balaban J connectivity index is 1.22. The monoisotopic (exact) mass is 520 g/mol. The van der Waals surface area contributed by atoms with E-state index in [-0.39, 0.29) is 12.0 Å². The van der Waals surface area contributed by atoms with Crippen molar-refractivity contribution in [3.8, 4) is 0 Å². The number of hydrogen-bond acceptors (Lipinski definition) is 3. The van der Waals surface area contributed by atoms with Crippen molar-refractivity contribution in [3.63, 3.8) is 0 Å². The van der Waals surface area contributed by atoms with Crippen LogP contribution < -0.4 is 0 Å². The van der Waals surface area contributed by atoms with Gasteiger partial charge in [0.2, 0.25) is 0 Å². The molecule has 0 saturated carbocycles. The Hall–Kier alpha value is -4.24. The third-order valence-electron chi connectivity index (χ3n) is 9.30. The summed E-state index contributed by atoms with van der Waals surface area (Å²) in [6.07, 6.45) is 11.1. The minimum Gasteiger partial charge on any atom is -0.487 e. The first-order chi connectivity index (χ1) is 19.8. The summed E-state index contributed by atoms with van der Waals surface area (Å²) in [6.45, 7) is 2.92. The second kappa shape index (κ2) is 9.45. The van der Waals surface area contributed by atoms with Crippen LogP contribution in [0.15, 0.2) is 101 Å². The number of nitrogens with zero attached hydrogens (tertiary/aromatic N) is 2. The molecule has 0 aromatic heterocycles. The van der Waals surface area contributed by atoms with Gasteiger partial charge in [0, 0.05) is 11.5 Å². The summed E-state index contributed by atoms with van der Waals surface area (Å²) in [5.74, 6) is 1.61. The molecule has 3 unspecified atom stereocenters. The van der Waals surface area contributed by atoms with Crippen molar-refractivity contribution in [2.45, 2.75) is 51.2 Å². The highest BCUT2D eigenvalue weighted by molar-refractivity contribution is 6.35. The van der Waals surface area contributed by atoms with Crippen molar-refractivity contribution in [2.75, 3.05) is 0 Å². The summed E-state index contributed by atoms with van der Waals surface area (Å²) >= 11 is 0. The lowest BCUT2D eigenvalue weighted by molar-refractivity contribution is 0.220. The van der Waals surface area contributed by atoms with Crippen LogP contribution in [0.2, 0.25) is 0 Å². The number of aryl methyl sites for hydroxylation is 2. The van der Waals surface area contributed by atoms with Crippen molar-refractivity contribution >= 4 is 40.0 Å². The fourth-order valence-corrected chi connectivity index (χ4v) is 7.34. The van der Waals surface area contributed by atoms with Crippen LogP contribution in [0.25, 0.3) is 22.4 Å². The van der Waals surface area contributed by atoms with E-state index in [0.29, 0.717) is 12.5 Å². The lowest BCUT2D eigenvalue weighted by atomic mass is 9.69. The molecule has 40 heavy (non-hydrogen) atoms. The van der Waals surface area contributed by atoms with Crippen LogP contribution >= 0.6 is 0 Å². The smallest absolute Gasteiger partial charge is 0.147 e. The number of ether oxygens (including phenoxy) is 1. The molecule has 8 rings (SSSR count). The van der Waals surface area contributed by atoms with Crippen LogP contribution in [0, 0.1) is 5.92 Å². The molecule has 3 heteroatoms. The average molecular weight is 521 g/mol. The van der Waals surface area contributed by atoms with Gasteiger partial charge >= 0.3 is 0 Å². The molecule has 3 atom stereocenters. The molecule has 4 aromatic rings. The van der Waals surface area contributed by atoms with Gasteiger partial charge in [0.05, 0.1) is 29.2 Å². The Morgan fingerprint density at radius 1 is 0.850 bits per heavy atom. The molecule has 0 bridgehead atoms. The van der Waals surface area contributed by atoms with E-state index >= 15 is 0 Å². The third-order valence-corrected chi connectivity index (χ3v) is 9.30. The van der Waals surface area contributed by atoms with Gasteiger partial charge in [-0.3, -0.25) is 4.99 Å². The Morgan fingerprint density at radius 2 is 1.68 bits per heavy atom. The highest BCUT2D eigenvalue weighted by Gasteiger charge is 2.42. The Morgan fingerprint density at radius 3 is 2.60 bits per heavy atom. The number of rotatable bonds is 4. The van der Waals surface area contributed by atoms with Crippen LogP contribution in [0.1, 0.15) is 59.1 Å². The van der Waals surface area contributed by atoms with Gasteiger partial charge in [0.25, 0.3) is 0 Å². The normalized spacial score (nSPS) is 22.4. The number of fused-ring (bicyclic) bond motifs is 8. The molecule has 2 aliphatic heterocycles. The first kappa shape index (κ1) is 23.6. The summed E-state index contributed by atoms with van der Waals surface area (Å²) < 4.78 is 6.43. The van der Waals surface area contributed by atoms with E-state index in [1.165, 1.54) is 33.0 Å². The fourth-order valence-electron chi connectivity index (χ4n) is 7.34. The number of benzene rings is 4. The number of aliphatic imine (C=N–C) groups is 2. The quantitative estimate of drug-likeness (QED) is 0.265. The number of dihydropyridines is 1. The summed E-state index contributed by atoms with van der Waals surface area (Å²) in [5.41, 5.74) is 11.4. The highest BCUT2D eigenvalue weighted by atomic mass is 16.5. The molecule has 0 saturated heterocycles. The largest absolute Gasteiger partial charge is 0.487 e. The van der Waals surface area contributed by atoms with Crippen molar-refractivity contribution in [2.24, 2.45) is 15.9 Å². The molecule has 196 valence electrons. The molecule has 3 nitrogen and oxygen atoms in total. The first-order valence-corrected chi connectivity index (χ1v) is 14.6. The Bertz CT molecular complexity index is 1780. The maximum Gasteiger partial charge on any atom is 0.147 e. The molecular formula is C37H32N2O. The maximum atomic E-state index is 6.43. The molecule has 0 fully saturated rings. The van der Waals surface area contributed by atoms with Gasteiger partial charge in [0.15, 0.2) is 0 Å². The van der Waals surface area contributed by atoms with Crippen LogP contribution in [0.5, 0.6) is 0 Å². The lowest BCUT2D eigenvalue weighted by Gasteiger charge is -2.37. The molecule has 4 aromatic carbocycles. The van der Waals surface area contributed by atoms with E-state index in [1.54, 1.807) is 0 Å². The van der Waals surface area contributed by atoms with Crippen molar-refractivity contribution in [3.05, 3.63) is 124 Å². The van der Waals surface area contributed by atoms with Gasteiger partial charge in [0.1, 0.15) is 12.4 Å². The van der Waals surface area contributed by atoms with Gasteiger partial charge in [-0.25, -0.2) is 4.99 Å². The summed E-state index contributed by atoms with van der Waals surface area (Å²) in [7, 11) is 0. The molecule has 0 N–H and O–H groups in total. The van der Waals surface area contributed by atoms with Crippen LogP contribution in [-0.2, 0) is 24.2 Å². The van der Waals surface area contributed by atoms with Crippen molar-refractivity contribution in [1.82, 2.24) is 0 Å². The predicted octanol–water partition coefficient (Wildman–Crippen LogP) is 8.63. The summed E-state index contributed by atoms with van der Waals surface area (Å²) in [6, 6.07) is 28.3. The second-order valence-corrected chi connectivity index (χ2v) is 11.6. The van der Waals surface area contributed by atoms with E-state index in [2.05, 4.69) is 91.9 Å². The van der Waals surface area contributed by atoms with Crippen molar-refractivity contribution in [1.29, 1.82) is 0 Å². The topological polar surface area (TPSA) is 34.0 Å². The fraction of sp³-hybridized carbons (Fsp3) is 0.243. The number of hydrogen-bond donors (Lipinski definition) is 0. The minimum absolute atomic E-state index is 0.0291. The van der Waals surface area contributed by atoms with Crippen LogP contribution in [0.3, 0.4) is 0 Å². The van der Waals surface area contributed by atoms with E-state index in [1.807, 2.05) is 12.3 Å². The zero-order valence-electron chi connectivity index (χ0n) is 22.8. The van der Waals surface area contributed by atoms with Gasteiger partial charge in [-0.2, -0.15) is 0 Å². The minimum atomic E-state index is -0.0291. The Labute approximate surface area is 235 Å².